The van der Waals surface area contributed by atoms with E-state index in [0.29, 0.717) is 28.0 Å². The highest BCUT2D eigenvalue weighted by Crippen LogP contribution is 2.29. The molecule has 1 aromatic heterocycles. The molecule has 1 N–H and O–H groups in total. The number of aryl methyl sites for hydroxylation is 1. The van der Waals surface area contributed by atoms with Gasteiger partial charge in [-0.05, 0) is 55.5 Å². The average molecular weight is 518 g/mol. The molecule has 0 saturated carbocycles. The first kappa shape index (κ1) is 25.8. The summed E-state index contributed by atoms with van der Waals surface area (Å²) in [5.74, 6) is 2.50. The van der Waals surface area contributed by atoms with Gasteiger partial charge in [0.2, 0.25) is 0 Å². The predicted molar refractivity (Wildman–Crippen MR) is 144 cm³/mol. The summed E-state index contributed by atoms with van der Waals surface area (Å²) in [7, 11) is 4.77. The first-order chi connectivity index (χ1) is 18.0. The summed E-state index contributed by atoms with van der Waals surface area (Å²) in [6, 6.07) is 21.0. The molecule has 4 rings (SSSR count). The zero-order valence-corrected chi connectivity index (χ0v) is 21.8. The molecular formula is C27H27N5O4S. The van der Waals surface area contributed by atoms with Crippen LogP contribution < -0.4 is 19.6 Å². The van der Waals surface area contributed by atoms with Gasteiger partial charge in [-0.3, -0.25) is 9.36 Å². The van der Waals surface area contributed by atoms with Crippen molar-refractivity contribution < 1.29 is 19.0 Å². The van der Waals surface area contributed by atoms with Crippen molar-refractivity contribution in [3.8, 4) is 34.3 Å². The standard InChI is InChI=1S/C27H27N5O4S/c1-18-5-10-21(11-6-18)32-26(19-7-12-22(34-2)13-8-19)30-31-27(32)37-17-25(33)29-28-16-20-9-14-23(35-3)15-24(20)36-4/h5-16H,17H2,1-4H3,(H,29,33)/b28-16+. The Labute approximate surface area is 219 Å². The lowest BCUT2D eigenvalue weighted by Crippen LogP contribution is -2.20. The van der Waals surface area contributed by atoms with Crippen molar-refractivity contribution in [3.05, 3.63) is 77.9 Å². The Balaban J connectivity index is 1.50. The predicted octanol–water partition coefficient (Wildman–Crippen LogP) is 4.51. The van der Waals surface area contributed by atoms with Crippen LogP contribution in [0.15, 0.2) is 77.0 Å². The van der Waals surface area contributed by atoms with Crippen LogP contribution in [0, 0.1) is 6.92 Å². The number of hydrogen-bond donors (Lipinski definition) is 1. The fourth-order valence-electron chi connectivity index (χ4n) is 3.48. The number of nitrogens with one attached hydrogen (secondary N) is 1. The van der Waals surface area contributed by atoms with Crippen molar-refractivity contribution in [2.24, 2.45) is 5.10 Å². The molecule has 0 aliphatic carbocycles. The van der Waals surface area contributed by atoms with E-state index in [2.05, 4.69) is 20.7 Å². The summed E-state index contributed by atoms with van der Waals surface area (Å²) in [6.45, 7) is 2.03. The molecule has 0 fully saturated rings. The van der Waals surface area contributed by atoms with Gasteiger partial charge >= 0.3 is 0 Å². The molecule has 190 valence electrons. The molecule has 0 aliphatic heterocycles. The van der Waals surface area contributed by atoms with Crippen LogP contribution in [0.5, 0.6) is 17.2 Å². The Kier molecular flexibility index (Phi) is 8.42. The summed E-state index contributed by atoms with van der Waals surface area (Å²) in [4.78, 5) is 12.5. The minimum Gasteiger partial charge on any atom is -0.497 e. The van der Waals surface area contributed by atoms with E-state index in [4.69, 9.17) is 14.2 Å². The first-order valence-electron chi connectivity index (χ1n) is 11.4. The molecule has 0 aliphatic rings. The Morgan fingerprint density at radius 2 is 1.65 bits per heavy atom. The molecule has 0 saturated heterocycles. The van der Waals surface area contributed by atoms with E-state index in [1.807, 2.05) is 60.0 Å². The largest absolute Gasteiger partial charge is 0.497 e. The zero-order chi connectivity index (χ0) is 26.2. The number of hydrogen-bond acceptors (Lipinski definition) is 8. The molecule has 0 bridgehead atoms. The van der Waals surface area contributed by atoms with Crippen LogP contribution in [-0.2, 0) is 4.79 Å². The van der Waals surface area contributed by atoms with Gasteiger partial charge in [-0.15, -0.1) is 10.2 Å². The number of hydrazone groups is 1. The number of rotatable bonds is 10. The third kappa shape index (κ3) is 6.28. The monoisotopic (exact) mass is 517 g/mol. The van der Waals surface area contributed by atoms with Gasteiger partial charge in [-0.2, -0.15) is 5.10 Å². The average Bonchev–Trinajstić information content (AvgIpc) is 3.36. The number of amides is 1. The van der Waals surface area contributed by atoms with Crippen molar-refractivity contribution in [1.82, 2.24) is 20.2 Å². The van der Waals surface area contributed by atoms with E-state index in [1.54, 1.807) is 39.5 Å². The fourth-order valence-corrected chi connectivity index (χ4v) is 4.22. The lowest BCUT2D eigenvalue weighted by atomic mass is 10.2. The molecule has 9 nitrogen and oxygen atoms in total. The van der Waals surface area contributed by atoms with E-state index in [-0.39, 0.29) is 11.7 Å². The molecule has 0 radical (unpaired) electrons. The van der Waals surface area contributed by atoms with Gasteiger partial charge in [0, 0.05) is 22.9 Å². The van der Waals surface area contributed by atoms with Crippen LogP contribution in [0.3, 0.4) is 0 Å². The molecule has 0 spiro atoms. The Morgan fingerprint density at radius 3 is 2.32 bits per heavy atom. The van der Waals surface area contributed by atoms with Crippen molar-refractivity contribution in [2.75, 3.05) is 27.1 Å². The number of ether oxygens (including phenoxy) is 3. The SMILES string of the molecule is COc1ccc(-c2nnc(SCC(=O)N/N=C/c3ccc(OC)cc3OC)n2-c2ccc(C)cc2)cc1. The highest BCUT2D eigenvalue weighted by atomic mass is 32.2. The van der Waals surface area contributed by atoms with Gasteiger partial charge in [0.1, 0.15) is 17.2 Å². The zero-order valence-electron chi connectivity index (χ0n) is 21.0. The number of nitrogens with zero attached hydrogens (tertiary/aromatic N) is 4. The second kappa shape index (κ2) is 12.1. The molecule has 1 amide bonds. The van der Waals surface area contributed by atoms with Crippen LogP contribution in [0.1, 0.15) is 11.1 Å². The third-order valence-corrected chi connectivity index (χ3v) is 6.37. The van der Waals surface area contributed by atoms with Crippen LogP contribution in [-0.4, -0.2) is 54.0 Å². The minimum absolute atomic E-state index is 0.101. The number of thioether (sulfide) groups is 1. The highest BCUT2D eigenvalue weighted by Gasteiger charge is 2.17. The second-order valence-corrected chi connectivity index (χ2v) is 8.84. The van der Waals surface area contributed by atoms with Gasteiger partial charge in [0.25, 0.3) is 5.91 Å². The van der Waals surface area contributed by atoms with Crippen LogP contribution in [0.25, 0.3) is 17.1 Å². The maximum Gasteiger partial charge on any atom is 0.250 e. The van der Waals surface area contributed by atoms with E-state index < -0.39 is 0 Å². The smallest absolute Gasteiger partial charge is 0.250 e. The number of methoxy groups -OCH3 is 3. The molecule has 1 heterocycles. The number of aromatic nitrogens is 3. The van der Waals surface area contributed by atoms with E-state index in [0.717, 1.165) is 22.6 Å². The Morgan fingerprint density at radius 1 is 0.946 bits per heavy atom. The van der Waals surface area contributed by atoms with Crippen molar-refractivity contribution in [2.45, 2.75) is 12.1 Å². The van der Waals surface area contributed by atoms with Crippen LogP contribution in [0.4, 0.5) is 0 Å². The molecule has 0 unspecified atom stereocenters. The summed E-state index contributed by atoms with van der Waals surface area (Å²) in [6.07, 6.45) is 1.53. The van der Waals surface area contributed by atoms with Crippen molar-refractivity contribution in [1.29, 1.82) is 0 Å². The summed E-state index contributed by atoms with van der Waals surface area (Å²) < 4.78 is 17.8. The van der Waals surface area contributed by atoms with E-state index in [1.165, 1.54) is 18.0 Å². The highest BCUT2D eigenvalue weighted by molar-refractivity contribution is 7.99. The maximum absolute atomic E-state index is 12.5. The summed E-state index contributed by atoms with van der Waals surface area (Å²) in [5.41, 5.74) is 6.18. The van der Waals surface area contributed by atoms with Gasteiger partial charge in [-0.25, -0.2) is 5.43 Å². The second-order valence-electron chi connectivity index (χ2n) is 7.90. The Hall–Kier alpha value is -4.31. The van der Waals surface area contributed by atoms with Gasteiger partial charge < -0.3 is 14.2 Å². The van der Waals surface area contributed by atoms with Crippen LogP contribution >= 0.6 is 11.8 Å². The van der Waals surface area contributed by atoms with Gasteiger partial charge in [0.15, 0.2) is 11.0 Å². The lowest BCUT2D eigenvalue weighted by Gasteiger charge is -2.11. The van der Waals surface area contributed by atoms with Crippen molar-refractivity contribution in [3.63, 3.8) is 0 Å². The molecule has 10 heteroatoms. The summed E-state index contributed by atoms with van der Waals surface area (Å²) >= 11 is 1.27. The summed E-state index contributed by atoms with van der Waals surface area (Å²) in [5, 5.41) is 13.4. The van der Waals surface area contributed by atoms with Crippen molar-refractivity contribution >= 4 is 23.9 Å². The lowest BCUT2D eigenvalue weighted by molar-refractivity contribution is -0.118. The number of benzene rings is 3. The maximum atomic E-state index is 12.5. The normalized spacial score (nSPS) is 10.9. The molecule has 3 aromatic carbocycles. The van der Waals surface area contributed by atoms with E-state index >= 15 is 0 Å². The third-order valence-electron chi connectivity index (χ3n) is 5.44. The van der Waals surface area contributed by atoms with Crippen LogP contribution in [0.2, 0.25) is 0 Å². The number of carbonyl (C=O) groups is 1. The molecular weight excluding hydrogens is 490 g/mol. The molecule has 37 heavy (non-hydrogen) atoms. The minimum atomic E-state index is -0.279. The van der Waals surface area contributed by atoms with Gasteiger partial charge in [-0.1, -0.05) is 29.5 Å². The Bertz CT molecular complexity index is 1390. The fraction of sp³-hybridized carbons (Fsp3) is 0.185. The first-order valence-corrected chi connectivity index (χ1v) is 12.3. The quantitative estimate of drug-likeness (QED) is 0.188. The number of carbonyl (C=O) groups excluding carboxylic acids is 1. The van der Waals surface area contributed by atoms with Gasteiger partial charge in [0.05, 0.1) is 33.3 Å². The van der Waals surface area contributed by atoms with E-state index in [9.17, 15) is 4.79 Å². The molecule has 4 aromatic rings. The topological polar surface area (TPSA) is 99.9 Å². The molecule has 0 atom stereocenters.